The van der Waals surface area contributed by atoms with Crippen LogP contribution in [0.25, 0.3) is 0 Å². The molecule has 1 rings (SSSR count). The molecule has 1 saturated carbocycles. The molecular formula is C12H15O2Rh. The van der Waals surface area contributed by atoms with E-state index in [4.69, 9.17) is 9.30 Å². The molecule has 84 valence electrons. The molecule has 15 heavy (non-hydrogen) atoms. The standard InChI is InChI=1S/C10H15.2CO.Rh/c1-6-7(2)9(4)10(5)8(6)3;2*1-2;/h1-5H3;;;. The van der Waals surface area contributed by atoms with Crippen LogP contribution in [0.5, 0.6) is 0 Å². The maximum atomic E-state index is 7.50. The number of hydrogen-bond acceptors (Lipinski definition) is 0. The van der Waals surface area contributed by atoms with Crippen LogP contribution in [0.2, 0.25) is 0 Å². The summed E-state index contributed by atoms with van der Waals surface area (Å²) in [4.78, 5) is 0. The van der Waals surface area contributed by atoms with E-state index in [0.29, 0.717) is 0 Å². The Hall–Kier alpha value is 0.103. The Morgan fingerprint density at radius 1 is 0.533 bits per heavy atom. The normalized spacial score (nSPS) is 19.3. The fourth-order valence-electron chi connectivity index (χ4n) is 1.41. The molecule has 0 aliphatic heterocycles. The van der Waals surface area contributed by atoms with Crippen LogP contribution >= 0.6 is 0 Å². The summed E-state index contributed by atoms with van der Waals surface area (Å²) < 4.78 is 15.0. The zero-order valence-electron chi connectivity index (χ0n) is 9.65. The first-order valence-electron chi connectivity index (χ1n) is 4.16. The minimum absolute atomic E-state index is 0. The molecule has 0 aromatic carbocycles. The van der Waals surface area contributed by atoms with Crippen LogP contribution in [0.4, 0.5) is 0 Å². The van der Waals surface area contributed by atoms with Gasteiger partial charge in [-0.2, -0.15) is 0 Å². The van der Waals surface area contributed by atoms with Crippen molar-refractivity contribution in [1.29, 1.82) is 0 Å². The van der Waals surface area contributed by atoms with Crippen LogP contribution in [-0.4, -0.2) is 0 Å². The maximum absolute atomic E-state index is 7.50. The smallest absolute Gasteiger partial charge is 0 e. The van der Waals surface area contributed by atoms with Crippen molar-refractivity contribution in [2.24, 2.45) is 0 Å². The van der Waals surface area contributed by atoms with Gasteiger partial charge in [-0.3, -0.25) is 0 Å². The monoisotopic (exact) mass is 294 g/mol. The van der Waals surface area contributed by atoms with Crippen molar-refractivity contribution >= 4 is 0 Å². The largest absolute Gasteiger partial charge is 0 e. The molecule has 3 heteroatoms. The molecule has 0 aromatic heterocycles. The second-order valence-corrected chi connectivity index (χ2v) is 3.12. The summed E-state index contributed by atoms with van der Waals surface area (Å²) in [7, 11) is 0. The Bertz CT molecular complexity index is 138. The van der Waals surface area contributed by atoms with Gasteiger partial charge in [0.2, 0.25) is 0 Å². The van der Waals surface area contributed by atoms with Crippen molar-refractivity contribution in [3.8, 4) is 0 Å². The van der Waals surface area contributed by atoms with E-state index < -0.39 is 0 Å². The van der Waals surface area contributed by atoms with Crippen molar-refractivity contribution in [1.82, 2.24) is 0 Å². The second-order valence-electron chi connectivity index (χ2n) is 3.12. The molecule has 0 spiro atoms. The molecule has 0 aromatic rings. The quantitative estimate of drug-likeness (QED) is 0.374. The molecule has 6 radical (unpaired) electrons. The molecule has 0 amide bonds. The molecule has 0 unspecified atom stereocenters. The molecule has 1 fully saturated rings. The Morgan fingerprint density at radius 3 is 0.667 bits per heavy atom. The zero-order chi connectivity index (χ0) is 11.9. The summed E-state index contributed by atoms with van der Waals surface area (Å²) in [5.41, 5.74) is 0. The third-order valence-electron chi connectivity index (χ3n) is 2.81. The predicted octanol–water partition coefficient (Wildman–Crippen LogP) is 2.89. The third kappa shape index (κ3) is 5.11. The van der Waals surface area contributed by atoms with Crippen molar-refractivity contribution in [3.05, 3.63) is 42.9 Å². The Labute approximate surface area is 106 Å². The fraction of sp³-hybridized carbons (Fsp3) is 0.417. The van der Waals surface area contributed by atoms with Crippen molar-refractivity contribution in [2.75, 3.05) is 0 Å². The van der Waals surface area contributed by atoms with E-state index in [9.17, 15) is 0 Å². The Balaban J connectivity index is -0.000000258. The van der Waals surface area contributed by atoms with Gasteiger partial charge in [0.15, 0.2) is 0 Å². The van der Waals surface area contributed by atoms with Gasteiger partial charge in [-0.05, 0) is 29.6 Å². The first kappa shape index (κ1) is 20.5. The van der Waals surface area contributed by atoms with Gasteiger partial charge < -0.3 is 0 Å². The fourth-order valence-corrected chi connectivity index (χ4v) is 1.41. The van der Waals surface area contributed by atoms with Crippen LogP contribution in [0, 0.1) is 42.9 Å². The minimum Gasteiger partial charge on any atom is 0 e. The first-order valence-corrected chi connectivity index (χ1v) is 4.16. The first-order chi connectivity index (χ1) is 6.55. The predicted molar refractivity (Wildman–Crippen MR) is 52.4 cm³/mol. The third-order valence-corrected chi connectivity index (χ3v) is 2.81. The van der Waals surface area contributed by atoms with Crippen LogP contribution in [0.15, 0.2) is 0 Å². The average molecular weight is 294 g/mol. The molecular weight excluding hydrogens is 279 g/mol. The van der Waals surface area contributed by atoms with E-state index in [-0.39, 0.29) is 19.5 Å². The van der Waals surface area contributed by atoms with Crippen LogP contribution in [-0.2, 0) is 28.8 Å². The summed E-state index contributed by atoms with van der Waals surface area (Å²) in [6.45, 7) is 20.0. The summed E-state index contributed by atoms with van der Waals surface area (Å²) in [6, 6.07) is 0. The van der Waals surface area contributed by atoms with Gasteiger partial charge in [-0.15, -0.1) is 0 Å². The van der Waals surface area contributed by atoms with E-state index >= 15 is 0 Å². The topological polar surface area (TPSA) is 39.8 Å². The van der Waals surface area contributed by atoms with Crippen LogP contribution < -0.4 is 0 Å². The van der Waals surface area contributed by atoms with E-state index in [1.54, 1.807) is 0 Å². The van der Waals surface area contributed by atoms with Gasteiger partial charge in [-0.1, -0.05) is 34.6 Å². The summed E-state index contributed by atoms with van der Waals surface area (Å²) >= 11 is 0. The molecule has 0 saturated heterocycles. The van der Waals surface area contributed by atoms with Gasteiger partial charge >= 0.3 is 22.6 Å². The summed E-state index contributed by atoms with van der Waals surface area (Å²) in [6.07, 6.45) is 0. The van der Waals surface area contributed by atoms with Gasteiger partial charge in [0.1, 0.15) is 0 Å². The second kappa shape index (κ2) is 10.6. The van der Waals surface area contributed by atoms with Crippen molar-refractivity contribution in [2.45, 2.75) is 34.6 Å². The molecule has 1 aliphatic rings. The molecule has 1 aliphatic carbocycles. The molecule has 0 heterocycles. The van der Waals surface area contributed by atoms with Gasteiger partial charge in [-0.25, -0.2) is 0 Å². The minimum atomic E-state index is 0. The van der Waals surface area contributed by atoms with Crippen molar-refractivity contribution in [3.63, 3.8) is 0 Å². The molecule has 0 bridgehead atoms. The molecule has 0 N–H and O–H groups in total. The molecule has 0 atom stereocenters. The van der Waals surface area contributed by atoms with Gasteiger partial charge in [0, 0.05) is 19.5 Å². The Kier molecular flexibility index (Phi) is 14.5. The molecule has 2 nitrogen and oxygen atoms in total. The maximum Gasteiger partial charge on any atom is 0 e. The van der Waals surface area contributed by atoms with E-state index in [0.717, 1.165) is 0 Å². The van der Waals surface area contributed by atoms with E-state index in [1.165, 1.54) is 29.6 Å². The van der Waals surface area contributed by atoms with Gasteiger partial charge in [0.05, 0.1) is 0 Å². The van der Waals surface area contributed by atoms with Crippen LogP contribution in [0.3, 0.4) is 0 Å². The van der Waals surface area contributed by atoms with Crippen LogP contribution in [0.1, 0.15) is 34.6 Å². The average Bonchev–Trinajstić information content (AvgIpc) is 2.42. The zero-order valence-corrected chi connectivity index (χ0v) is 11.3. The van der Waals surface area contributed by atoms with Gasteiger partial charge in [0.25, 0.3) is 0 Å². The Morgan fingerprint density at radius 2 is 0.600 bits per heavy atom. The summed E-state index contributed by atoms with van der Waals surface area (Å²) in [5.74, 6) is 7.34. The summed E-state index contributed by atoms with van der Waals surface area (Å²) in [5, 5.41) is 0. The van der Waals surface area contributed by atoms with E-state index in [1.807, 2.05) is 0 Å². The number of hydrogen-bond donors (Lipinski definition) is 0. The number of rotatable bonds is 0. The van der Waals surface area contributed by atoms with Crippen molar-refractivity contribution < 1.29 is 28.8 Å². The van der Waals surface area contributed by atoms with E-state index in [2.05, 4.69) is 47.9 Å². The SMILES string of the molecule is C[C]1[C](C)[C](C)[C](C)[C]1C.[C-]#[O+].[C-]#[O+].[Rh].